The summed E-state index contributed by atoms with van der Waals surface area (Å²) in [6.07, 6.45) is 0.760. The molecule has 1 unspecified atom stereocenters. The maximum absolute atomic E-state index is 12.2. The smallest absolute Gasteiger partial charge is 0.225 e. The monoisotopic (exact) mass is 280 g/mol. The van der Waals surface area contributed by atoms with Gasteiger partial charge in [0.1, 0.15) is 0 Å². The van der Waals surface area contributed by atoms with Crippen LogP contribution >= 0.6 is 0 Å². The molecule has 1 aromatic heterocycles. The molecule has 0 aliphatic carbocycles. The number of hydrogen-bond donors (Lipinski definition) is 1. The van der Waals surface area contributed by atoms with E-state index in [2.05, 4.69) is 10.1 Å². The van der Waals surface area contributed by atoms with Crippen molar-refractivity contribution < 1.29 is 9.32 Å². The second kappa shape index (κ2) is 6.85. The molecular weight excluding hydrogens is 256 g/mol. The minimum absolute atomic E-state index is 0.0310. The van der Waals surface area contributed by atoms with Gasteiger partial charge < -0.3 is 15.2 Å². The second-order valence-corrected chi connectivity index (χ2v) is 5.51. The van der Waals surface area contributed by atoms with Gasteiger partial charge in [0.15, 0.2) is 5.76 Å². The lowest BCUT2D eigenvalue weighted by atomic mass is 10.1. The van der Waals surface area contributed by atoms with E-state index in [0.717, 1.165) is 50.6 Å². The summed E-state index contributed by atoms with van der Waals surface area (Å²) in [4.78, 5) is 16.4. The van der Waals surface area contributed by atoms with Gasteiger partial charge in [0.25, 0.3) is 0 Å². The van der Waals surface area contributed by atoms with Crippen molar-refractivity contribution in [1.29, 1.82) is 0 Å². The number of carbonyl (C=O) groups is 1. The van der Waals surface area contributed by atoms with Gasteiger partial charge in [0, 0.05) is 38.2 Å². The summed E-state index contributed by atoms with van der Waals surface area (Å²) in [6, 6.07) is 1.96. The summed E-state index contributed by atoms with van der Waals surface area (Å²) in [5, 5.41) is 3.89. The number of amides is 1. The lowest BCUT2D eigenvalue weighted by molar-refractivity contribution is -0.137. The molecule has 0 radical (unpaired) electrons. The predicted octanol–water partition coefficient (Wildman–Crippen LogP) is 0.612. The molecule has 1 aliphatic rings. The first-order chi connectivity index (χ1) is 9.60. The van der Waals surface area contributed by atoms with E-state index in [1.165, 1.54) is 0 Å². The quantitative estimate of drug-likeness (QED) is 0.855. The molecule has 0 aromatic carbocycles. The number of hydrogen-bond acceptors (Lipinski definition) is 5. The lowest BCUT2D eigenvalue weighted by Gasteiger charge is -2.35. The molecule has 0 spiro atoms. The number of carbonyl (C=O) groups excluding carboxylic acids is 1. The van der Waals surface area contributed by atoms with Gasteiger partial charge >= 0.3 is 0 Å². The first-order valence-corrected chi connectivity index (χ1v) is 7.23. The molecule has 20 heavy (non-hydrogen) atoms. The largest absolute Gasteiger partial charge is 0.360 e. The minimum Gasteiger partial charge on any atom is -0.360 e. The van der Waals surface area contributed by atoms with E-state index in [1.54, 1.807) is 0 Å². The van der Waals surface area contributed by atoms with Crippen LogP contribution < -0.4 is 5.73 Å². The molecule has 1 aromatic rings. The summed E-state index contributed by atoms with van der Waals surface area (Å²) in [7, 11) is 0. The van der Waals surface area contributed by atoms with Crippen LogP contribution in [0.2, 0.25) is 0 Å². The fourth-order valence-electron chi connectivity index (χ4n) is 2.52. The van der Waals surface area contributed by atoms with E-state index in [0.29, 0.717) is 6.54 Å². The highest BCUT2D eigenvalue weighted by Crippen LogP contribution is 2.12. The fraction of sp³-hybridized carbons (Fsp3) is 0.714. The van der Waals surface area contributed by atoms with Crippen LogP contribution in [0.25, 0.3) is 0 Å². The summed E-state index contributed by atoms with van der Waals surface area (Å²) in [6.45, 7) is 8.52. The second-order valence-electron chi connectivity index (χ2n) is 5.51. The average molecular weight is 280 g/mol. The van der Waals surface area contributed by atoms with Gasteiger partial charge in [-0.3, -0.25) is 9.69 Å². The normalized spacial score (nSPS) is 18.2. The molecule has 1 atom stereocenters. The molecule has 2 heterocycles. The van der Waals surface area contributed by atoms with Crippen molar-refractivity contribution in [1.82, 2.24) is 15.0 Å². The summed E-state index contributed by atoms with van der Waals surface area (Å²) in [5.41, 5.74) is 6.42. The molecule has 0 saturated carbocycles. The fourth-order valence-corrected chi connectivity index (χ4v) is 2.52. The molecular formula is C14H24N4O2. The van der Waals surface area contributed by atoms with E-state index < -0.39 is 0 Å². The molecule has 1 saturated heterocycles. The van der Waals surface area contributed by atoms with Crippen molar-refractivity contribution in [3.63, 3.8) is 0 Å². The van der Waals surface area contributed by atoms with Crippen molar-refractivity contribution in [2.45, 2.75) is 26.8 Å². The molecule has 6 nitrogen and oxygen atoms in total. The highest BCUT2D eigenvalue weighted by molar-refractivity contribution is 5.78. The SMILES string of the molecule is Cc1cc(CN2CCN(C(=O)C(C)CCN)CC2)on1. The average Bonchev–Trinajstić information content (AvgIpc) is 2.84. The predicted molar refractivity (Wildman–Crippen MR) is 75.9 cm³/mol. The zero-order valence-electron chi connectivity index (χ0n) is 12.3. The Balaban J connectivity index is 1.78. The standard InChI is InChI=1S/C14H24N4O2/c1-11(3-4-15)14(19)18-7-5-17(6-8-18)10-13-9-12(2)16-20-13/h9,11H,3-8,10,15H2,1-2H3. The zero-order valence-corrected chi connectivity index (χ0v) is 12.3. The van der Waals surface area contributed by atoms with E-state index >= 15 is 0 Å². The molecule has 0 bridgehead atoms. The van der Waals surface area contributed by atoms with Gasteiger partial charge in [-0.2, -0.15) is 0 Å². The van der Waals surface area contributed by atoms with Crippen LogP contribution in [0.1, 0.15) is 24.8 Å². The third kappa shape index (κ3) is 3.80. The van der Waals surface area contributed by atoms with E-state index in [4.69, 9.17) is 10.3 Å². The number of nitrogens with zero attached hydrogens (tertiary/aromatic N) is 3. The van der Waals surface area contributed by atoms with Crippen LogP contribution in [0.3, 0.4) is 0 Å². The maximum Gasteiger partial charge on any atom is 0.225 e. The Labute approximate surface area is 119 Å². The van der Waals surface area contributed by atoms with E-state index in [1.807, 2.05) is 24.8 Å². The van der Waals surface area contributed by atoms with Crippen LogP contribution in [0, 0.1) is 12.8 Å². The highest BCUT2D eigenvalue weighted by Gasteiger charge is 2.24. The van der Waals surface area contributed by atoms with Gasteiger partial charge in [-0.05, 0) is 19.9 Å². The summed E-state index contributed by atoms with van der Waals surface area (Å²) in [5.74, 6) is 1.15. The van der Waals surface area contributed by atoms with Gasteiger partial charge in [0.05, 0.1) is 12.2 Å². The molecule has 2 N–H and O–H groups in total. The van der Waals surface area contributed by atoms with Gasteiger partial charge in [-0.25, -0.2) is 0 Å². The summed E-state index contributed by atoms with van der Waals surface area (Å²) < 4.78 is 5.23. The minimum atomic E-state index is 0.0310. The van der Waals surface area contributed by atoms with Crippen LogP contribution in [-0.4, -0.2) is 53.6 Å². The molecule has 2 rings (SSSR count). The maximum atomic E-state index is 12.2. The van der Waals surface area contributed by atoms with Crippen LogP contribution in [0.15, 0.2) is 10.6 Å². The lowest BCUT2D eigenvalue weighted by Crippen LogP contribution is -2.49. The number of aromatic nitrogens is 1. The highest BCUT2D eigenvalue weighted by atomic mass is 16.5. The topological polar surface area (TPSA) is 75.6 Å². The Morgan fingerprint density at radius 1 is 1.45 bits per heavy atom. The molecule has 1 fully saturated rings. The zero-order chi connectivity index (χ0) is 14.5. The van der Waals surface area contributed by atoms with Crippen LogP contribution in [0.5, 0.6) is 0 Å². The Kier molecular flexibility index (Phi) is 5.14. The van der Waals surface area contributed by atoms with Crippen molar-refractivity contribution in [2.75, 3.05) is 32.7 Å². The molecule has 1 aliphatic heterocycles. The molecule has 6 heteroatoms. The van der Waals surface area contributed by atoms with E-state index in [9.17, 15) is 4.79 Å². The van der Waals surface area contributed by atoms with E-state index in [-0.39, 0.29) is 11.8 Å². The van der Waals surface area contributed by atoms with Crippen molar-refractivity contribution in [3.8, 4) is 0 Å². The van der Waals surface area contributed by atoms with Gasteiger partial charge in [0.2, 0.25) is 5.91 Å². The van der Waals surface area contributed by atoms with Crippen molar-refractivity contribution in [2.24, 2.45) is 11.7 Å². The Bertz CT molecular complexity index is 438. The molecule has 112 valence electrons. The Hall–Kier alpha value is -1.40. The van der Waals surface area contributed by atoms with Gasteiger partial charge in [-0.1, -0.05) is 12.1 Å². The number of nitrogens with two attached hydrogens (primary N) is 1. The Morgan fingerprint density at radius 3 is 2.70 bits per heavy atom. The van der Waals surface area contributed by atoms with Gasteiger partial charge in [-0.15, -0.1) is 0 Å². The Morgan fingerprint density at radius 2 is 2.15 bits per heavy atom. The third-order valence-corrected chi connectivity index (χ3v) is 3.76. The first kappa shape index (κ1) is 15.0. The van der Waals surface area contributed by atoms with Crippen LogP contribution in [-0.2, 0) is 11.3 Å². The number of piperazine rings is 1. The third-order valence-electron chi connectivity index (χ3n) is 3.76. The number of rotatable bonds is 5. The molecule has 1 amide bonds. The van der Waals surface area contributed by atoms with Crippen LogP contribution in [0.4, 0.5) is 0 Å². The summed E-state index contributed by atoms with van der Waals surface area (Å²) >= 11 is 0. The van der Waals surface area contributed by atoms with Crippen molar-refractivity contribution in [3.05, 3.63) is 17.5 Å². The first-order valence-electron chi connectivity index (χ1n) is 7.23. The number of aryl methyl sites for hydroxylation is 1. The van der Waals surface area contributed by atoms with Crippen molar-refractivity contribution >= 4 is 5.91 Å².